The maximum absolute atomic E-state index is 13.7. The highest BCUT2D eigenvalue weighted by atomic mass is 19.1. The average molecular weight is 387 g/mol. The molecule has 4 aromatic rings. The Kier molecular flexibility index (Phi) is 5.28. The third kappa shape index (κ3) is 3.59. The molecule has 146 valence electrons. The lowest BCUT2D eigenvalue weighted by molar-refractivity contribution is 0.282. The maximum atomic E-state index is 13.7. The Balaban J connectivity index is 1.91. The predicted octanol–water partition coefficient (Wildman–Crippen LogP) is 5.91. The van der Waals surface area contributed by atoms with Crippen LogP contribution in [0.1, 0.15) is 18.1 Å². The standard InChI is InChI=1S/C25H22FNO2/c1-3-29-24-13-18(9-11-20(24)17-7-5-4-6-8-17)25-16(2)22(15-28)21-14-19(26)10-12-23(21)27-25/h4-14,28H,3,15H2,1-2H3. The van der Waals surface area contributed by atoms with E-state index in [1.165, 1.54) is 12.1 Å². The van der Waals surface area contributed by atoms with Crippen LogP contribution in [0.25, 0.3) is 33.3 Å². The minimum atomic E-state index is -0.341. The number of aliphatic hydroxyl groups is 1. The van der Waals surface area contributed by atoms with Crippen molar-refractivity contribution in [2.75, 3.05) is 6.61 Å². The van der Waals surface area contributed by atoms with Crippen molar-refractivity contribution in [2.45, 2.75) is 20.5 Å². The predicted molar refractivity (Wildman–Crippen MR) is 114 cm³/mol. The van der Waals surface area contributed by atoms with Gasteiger partial charge in [-0.1, -0.05) is 36.4 Å². The SMILES string of the molecule is CCOc1cc(-c2nc3ccc(F)cc3c(CO)c2C)ccc1-c1ccccc1. The molecule has 0 spiro atoms. The third-order valence-corrected chi connectivity index (χ3v) is 5.12. The molecular formula is C25H22FNO2. The van der Waals surface area contributed by atoms with E-state index >= 15 is 0 Å². The molecule has 3 aromatic carbocycles. The molecule has 1 aromatic heterocycles. The van der Waals surface area contributed by atoms with Crippen molar-refractivity contribution in [3.63, 3.8) is 0 Å². The first-order chi connectivity index (χ1) is 14.1. The molecule has 0 aliphatic rings. The Labute approximate surface area is 169 Å². The van der Waals surface area contributed by atoms with E-state index in [-0.39, 0.29) is 12.4 Å². The molecule has 0 fully saturated rings. The molecule has 0 unspecified atom stereocenters. The van der Waals surface area contributed by atoms with E-state index < -0.39 is 0 Å². The first-order valence-electron chi connectivity index (χ1n) is 9.64. The maximum Gasteiger partial charge on any atom is 0.127 e. The molecule has 0 radical (unpaired) electrons. The Hall–Kier alpha value is -3.24. The van der Waals surface area contributed by atoms with Gasteiger partial charge < -0.3 is 9.84 Å². The van der Waals surface area contributed by atoms with E-state index in [4.69, 9.17) is 9.72 Å². The van der Waals surface area contributed by atoms with Crippen LogP contribution in [0.2, 0.25) is 0 Å². The van der Waals surface area contributed by atoms with Crippen LogP contribution in [0.3, 0.4) is 0 Å². The minimum absolute atomic E-state index is 0.179. The second-order valence-electron chi connectivity index (χ2n) is 6.89. The number of rotatable bonds is 5. The lowest BCUT2D eigenvalue weighted by Crippen LogP contribution is -2.00. The van der Waals surface area contributed by atoms with Gasteiger partial charge in [-0.05, 0) is 60.9 Å². The Morgan fingerprint density at radius 2 is 1.76 bits per heavy atom. The van der Waals surface area contributed by atoms with Gasteiger partial charge >= 0.3 is 0 Å². The molecule has 4 rings (SSSR count). The van der Waals surface area contributed by atoms with Crippen molar-refractivity contribution in [3.05, 3.63) is 83.7 Å². The van der Waals surface area contributed by atoms with Gasteiger partial charge in [0.05, 0.1) is 24.4 Å². The number of pyridine rings is 1. The van der Waals surface area contributed by atoms with Gasteiger partial charge in [0, 0.05) is 16.5 Å². The molecule has 0 aliphatic carbocycles. The third-order valence-electron chi connectivity index (χ3n) is 5.12. The molecule has 29 heavy (non-hydrogen) atoms. The number of benzene rings is 3. The smallest absolute Gasteiger partial charge is 0.127 e. The second-order valence-corrected chi connectivity index (χ2v) is 6.89. The molecule has 4 heteroatoms. The van der Waals surface area contributed by atoms with Gasteiger partial charge in [0.2, 0.25) is 0 Å². The molecule has 1 N–H and O–H groups in total. The number of aromatic nitrogens is 1. The second kappa shape index (κ2) is 8.02. The Morgan fingerprint density at radius 1 is 0.966 bits per heavy atom. The summed E-state index contributed by atoms with van der Waals surface area (Å²) in [5.74, 6) is 0.439. The van der Waals surface area contributed by atoms with Crippen molar-refractivity contribution >= 4 is 10.9 Å². The molecule has 3 nitrogen and oxygen atoms in total. The summed E-state index contributed by atoms with van der Waals surface area (Å²) in [5.41, 5.74) is 5.92. The molecule has 0 atom stereocenters. The number of hydrogen-bond donors (Lipinski definition) is 1. The number of ether oxygens (including phenoxy) is 1. The van der Waals surface area contributed by atoms with E-state index in [9.17, 15) is 9.50 Å². The quantitative estimate of drug-likeness (QED) is 0.463. The van der Waals surface area contributed by atoms with Crippen molar-refractivity contribution in [2.24, 2.45) is 0 Å². The van der Waals surface area contributed by atoms with Gasteiger partial charge in [0.1, 0.15) is 11.6 Å². The normalized spacial score (nSPS) is 11.0. The van der Waals surface area contributed by atoms with E-state index in [0.717, 1.165) is 33.7 Å². The molecule has 0 aliphatic heterocycles. The lowest BCUT2D eigenvalue weighted by atomic mass is 9.96. The van der Waals surface area contributed by atoms with Crippen molar-refractivity contribution < 1.29 is 14.2 Å². The average Bonchev–Trinajstić information content (AvgIpc) is 2.74. The molecular weight excluding hydrogens is 365 g/mol. The minimum Gasteiger partial charge on any atom is -0.493 e. The summed E-state index contributed by atoms with van der Waals surface area (Å²) in [4.78, 5) is 4.77. The largest absolute Gasteiger partial charge is 0.493 e. The highest BCUT2D eigenvalue weighted by Crippen LogP contribution is 2.36. The molecule has 0 saturated heterocycles. The van der Waals surface area contributed by atoms with Crippen LogP contribution < -0.4 is 4.74 Å². The number of nitrogens with zero attached hydrogens (tertiary/aromatic N) is 1. The summed E-state index contributed by atoms with van der Waals surface area (Å²) in [6, 6.07) is 20.6. The summed E-state index contributed by atoms with van der Waals surface area (Å²) in [7, 11) is 0. The highest BCUT2D eigenvalue weighted by molar-refractivity contribution is 5.88. The molecule has 0 bridgehead atoms. The molecule has 0 saturated carbocycles. The zero-order valence-electron chi connectivity index (χ0n) is 16.4. The van der Waals surface area contributed by atoms with Crippen LogP contribution in [0, 0.1) is 12.7 Å². The number of fused-ring (bicyclic) bond motifs is 1. The van der Waals surface area contributed by atoms with Gasteiger partial charge in [-0.2, -0.15) is 0 Å². The van der Waals surface area contributed by atoms with Gasteiger partial charge in [-0.3, -0.25) is 0 Å². The molecule has 1 heterocycles. The van der Waals surface area contributed by atoms with Gasteiger partial charge in [0.25, 0.3) is 0 Å². The summed E-state index contributed by atoms with van der Waals surface area (Å²) in [6.07, 6.45) is 0. The van der Waals surface area contributed by atoms with Gasteiger partial charge in [-0.25, -0.2) is 9.37 Å². The fourth-order valence-electron chi connectivity index (χ4n) is 3.68. The summed E-state index contributed by atoms with van der Waals surface area (Å²) in [6.45, 7) is 4.24. The van der Waals surface area contributed by atoms with Crippen molar-refractivity contribution in [3.8, 4) is 28.1 Å². The van der Waals surface area contributed by atoms with Crippen LogP contribution in [0.5, 0.6) is 5.75 Å². The van der Waals surface area contributed by atoms with Gasteiger partial charge in [0.15, 0.2) is 0 Å². The van der Waals surface area contributed by atoms with E-state index in [0.29, 0.717) is 23.1 Å². The van der Waals surface area contributed by atoms with Crippen molar-refractivity contribution in [1.82, 2.24) is 4.98 Å². The van der Waals surface area contributed by atoms with E-state index in [1.807, 2.05) is 50.2 Å². The van der Waals surface area contributed by atoms with Crippen LogP contribution in [-0.2, 0) is 6.61 Å². The summed E-state index contributed by atoms with van der Waals surface area (Å²) >= 11 is 0. The number of halogens is 1. The first kappa shape index (κ1) is 19.1. The van der Waals surface area contributed by atoms with Crippen LogP contribution >= 0.6 is 0 Å². The highest BCUT2D eigenvalue weighted by Gasteiger charge is 2.16. The summed E-state index contributed by atoms with van der Waals surface area (Å²) in [5, 5.41) is 10.6. The monoisotopic (exact) mass is 387 g/mol. The fourth-order valence-corrected chi connectivity index (χ4v) is 3.68. The van der Waals surface area contributed by atoms with E-state index in [2.05, 4.69) is 12.1 Å². The Morgan fingerprint density at radius 3 is 2.48 bits per heavy atom. The zero-order chi connectivity index (χ0) is 20.4. The van der Waals surface area contributed by atoms with Crippen LogP contribution in [0.15, 0.2) is 66.7 Å². The van der Waals surface area contributed by atoms with Gasteiger partial charge in [-0.15, -0.1) is 0 Å². The van der Waals surface area contributed by atoms with Crippen molar-refractivity contribution in [1.29, 1.82) is 0 Å². The topological polar surface area (TPSA) is 42.4 Å². The fraction of sp³-hybridized carbons (Fsp3) is 0.160. The number of aliphatic hydroxyl groups excluding tert-OH is 1. The van der Waals surface area contributed by atoms with Crippen LogP contribution in [0.4, 0.5) is 4.39 Å². The first-order valence-corrected chi connectivity index (χ1v) is 9.64. The Bertz CT molecular complexity index is 1170. The zero-order valence-corrected chi connectivity index (χ0v) is 16.4. The van der Waals surface area contributed by atoms with Crippen LogP contribution in [-0.4, -0.2) is 16.7 Å². The van der Waals surface area contributed by atoms with E-state index in [1.54, 1.807) is 6.07 Å². The summed E-state index contributed by atoms with van der Waals surface area (Å²) < 4.78 is 19.7. The lowest BCUT2D eigenvalue weighted by Gasteiger charge is -2.16. The number of hydrogen-bond acceptors (Lipinski definition) is 3. The molecule has 0 amide bonds.